The number of thiophene rings is 1. The minimum Gasteiger partial charge on any atom is -0.339 e. The van der Waals surface area contributed by atoms with Crippen molar-refractivity contribution >= 4 is 22.2 Å². The van der Waals surface area contributed by atoms with E-state index < -0.39 is 0 Å². The van der Waals surface area contributed by atoms with Crippen LogP contribution in [0.15, 0.2) is 16.0 Å². The largest absolute Gasteiger partial charge is 0.339 e. The van der Waals surface area contributed by atoms with Gasteiger partial charge in [0.15, 0.2) is 5.82 Å². The van der Waals surface area contributed by atoms with Gasteiger partial charge in [-0.1, -0.05) is 11.6 Å². The minimum absolute atomic E-state index is 0.0750. The number of rotatable bonds is 6. The zero-order valence-electron chi connectivity index (χ0n) is 15.7. The quantitative estimate of drug-likeness (QED) is 0.805. The molecule has 8 heteroatoms. The summed E-state index contributed by atoms with van der Waals surface area (Å²) in [5.74, 6) is 2.75. The highest BCUT2D eigenvalue weighted by molar-refractivity contribution is 7.14. The molecule has 1 aliphatic heterocycles. The molecule has 1 amide bonds. The summed E-state index contributed by atoms with van der Waals surface area (Å²) < 4.78 is 5.73. The van der Waals surface area contributed by atoms with Gasteiger partial charge in [0.1, 0.15) is 11.1 Å². The van der Waals surface area contributed by atoms with Gasteiger partial charge in [-0.3, -0.25) is 9.69 Å². The van der Waals surface area contributed by atoms with E-state index in [1.54, 1.807) is 6.07 Å². The van der Waals surface area contributed by atoms with Crippen molar-refractivity contribution in [3.05, 3.63) is 28.7 Å². The van der Waals surface area contributed by atoms with Crippen LogP contribution in [-0.4, -0.2) is 40.6 Å². The number of aromatic nitrogens is 2. The lowest BCUT2D eigenvalue weighted by atomic mass is 9.80. The van der Waals surface area contributed by atoms with Crippen LogP contribution in [0.2, 0.25) is 0 Å². The van der Waals surface area contributed by atoms with E-state index in [1.165, 1.54) is 30.6 Å². The number of carbonyl (C=O) groups is 1. The number of likely N-dealkylation sites (tertiary alicyclic amines) is 1. The van der Waals surface area contributed by atoms with Crippen LogP contribution in [0.25, 0.3) is 0 Å². The second-order valence-electron chi connectivity index (χ2n) is 8.40. The highest BCUT2D eigenvalue weighted by Crippen LogP contribution is 2.50. The van der Waals surface area contributed by atoms with Gasteiger partial charge < -0.3 is 9.84 Å². The molecule has 1 saturated heterocycles. The predicted molar refractivity (Wildman–Crippen MR) is 104 cm³/mol. The maximum Gasteiger partial charge on any atom is 0.239 e. The van der Waals surface area contributed by atoms with Gasteiger partial charge in [-0.2, -0.15) is 10.2 Å². The molecule has 0 radical (unpaired) electrons. The second-order valence-corrected chi connectivity index (χ2v) is 9.32. The molecule has 2 aliphatic carbocycles. The molecule has 2 aromatic heterocycles. The molecule has 5 rings (SSSR count). The van der Waals surface area contributed by atoms with Crippen LogP contribution in [0, 0.1) is 23.2 Å². The number of nitrogens with zero attached hydrogens (tertiary/aromatic N) is 4. The fourth-order valence-electron chi connectivity index (χ4n) is 4.85. The molecule has 2 aromatic rings. The van der Waals surface area contributed by atoms with Crippen LogP contribution in [-0.2, 0) is 16.6 Å². The first kappa shape index (κ1) is 17.8. The average molecular weight is 398 g/mol. The number of carbonyl (C=O) groups excluding carboxylic acids is 1. The Morgan fingerprint density at radius 3 is 3.18 bits per heavy atom. The van der Waals surface area contributed by atoms with E-state index in [9.17, 15) is 4.79 Å². The van der Waals surface area contributed by atoms with Gasteiger partial charge in [0.2, 0.25) is 11.8 Å². The molecule has 0 aromatic carbocycles. The monoisotopic (exact) mass is 397 g/mol. The minimum atomic E-state index is -0.101. The first-order valence-electron chi connectivity index (χ1n) is 9.99. The Morgan fingerprint density at radius 2 is 2.36 bits per heavy atom. The lowest BCUT2D eigenvalue weighted by molar-refractivity contribution is -0.117. The van der Waals surface area contributed by atoms with E-state index >= 15 is 0 Å². The third-order valence-corrected chi connectivity index (χ3v) is 7.24. The lowest BCUT2D eigenvalue weighted by Gasteiger charge is -2.24. The Balaban J connectivity index is 1.26. The number of anilines is 1. The van der Waals surface area contributed by atoms with Gasteiger partial charge in [-0.15, -0.1) is 11.3 Å². The van der Waals surface area contributed by atoms with Crippen molar-refractivity contribution in [1.29, 1.82) is 5.26 Å². The zero-order chi connectivity index (χ0) is 19.1. The van der Waals surface area contributed by atoms with Crippen molar-refractivity contribution in [2.45, 2.75) is 43.9 Å². The van der Waals surface area contributed by atoms with Gasteiger partial charge in [0.25, 0.3) is 0 Å². The van der Waals surface area contributed by atoms with E-state index in [-0.39, 0.29) is 11.3 Å². The van der Waals surface area contributed by atoms with Gasteiger partial charge >= 0.3 is 0 Å². The van der Waals surface area contributed by atoms with Crippen molar-refractivity contribution in [3.8, 4) is 6.07 Å². The number of nitrogens with one attached hydrogen (secondary N) is 1. The molecular weight excluding hydrogens is 374 g/mol. The lowest BCUT2D eigenvalue weighted by Crippen LogP contribution is -2.35. The van der Waals surface area contributed by atoms with Crippen molar-refractivity contribution < 1.29 is 9.32 Å². The second kappa shape index (κ2) is 6.98. The maximum atomic E-state index is 12.5. The Labute approximate surface area is 167 Å². The van der Waals surface area contributed by atoms with Crippen LogP contribution in [0.4, 0.5) is 5.00 Å². The Morgan fingerprint density at radius 1 is 1.46 bits per heavy atom. The molecule has 2 saturated carbocycles. The summed E-state index contributed by atoms with van der Waals surface area (Å²) >= 11 is 1.38. The molecule has 3 fully saturated rings. The SMILES string of the molecule is N#Cc1ccsc1NC(=O)CN1C[C@H]2CCC[C@@]2(c2nc(CC3CC3)no2)C1. The average Bonchev–Trinajstić information content (AvgIpc) is 3.05. The summed E-state index contributed by atoms with van der Waals surface area (Å²) in [6, 6.07) is 3.84. The van der Waals surface area contributed by atoms with Gasteiger partial charge in [0.05, 0.1) is 17.5 Å². The summed E-state index contributed by atoms with van der Waals surface area (Å²) in [5.41, 5.74) is 0.415. The normalized spacial score (nSPS) is 26.9. The molecule has 0 bridgehead atoms. The fourth-order valence-corrected chi connectivity index (χ4v) is 5.60. The standard InChI is InChI=1S/C20H23N5O2S/c21-9-14-5-7-28-18(14)23-17(26)11-25-10-15-2-1-6-20(15,12-25)19-22-16(24-27-19)8-13-3-4-13/h5,7,13,15H,1-4,6,8,10-12H2,(H,23,26)/t15-,20-/m1/s1. The smallest absolute Gasteiger partial charge is 0.239 e. The van der Waals surface area contributed by atoms with Crippen LogP contribution in [0.5, 0.6) is 0 Å². The molecule has 28 heavy (non-hydrogen) atoms. The number of hydrogen-bond donors (Lipinski definition) is 1. The van der Waals surface area contributed by atoms with E-state index in [0.29, 0.717) is 23.0 Å². The number of nitriles is 1. The predicted octanol–water partition coefficient (Wildman–Crippen LogP) is 2.95. The van der Waals surface area contributed by atoms with Crippen molar-refractivity contribution in [1.82, 2.24) is 15.0 Å². The number of fused-ring (bicyclic) bond motifs is 1. The van der Waals surface area contributed by atoms with Crippen molar-refractivity contribution in [2.24, 2.45) is 11.8 Å². The molecule has 0 spiro atoms. The Bertz CT molecular complexity index is 927. The number of hydrogen-bond acceptors (Lipinski definition) is 7. The Kier molecular flexibility index (Phi) is 4.44. The molecule has 3 aliphatic rings. The molecule has 0 unspecified atom stereocenters. The number of amides is 1. The molecule has 3 heterocycles. The third kappa shape index (κ3) is 3.23. The summed E-state index contributed by atoms with van der Waals surface area (Å²) in [6.45, 7) is 1.99. The summed E-state index contributed by atoms with van der Waals surface area (Å²) in [6.07, 6.45) is 6.84. The molecule has 7 nitrogen and oxygen atoms in total. The highest BCUT2D eigenvalue weighted by Gasteiger charge is 2.54. The summed E-state index contributed by atoms with van der Waals surface area (Å²) in [4.78, 5) is 19.5. The van der Waals surface area contributed by atoms with Crippen molar-refractivity contribution in [3.63, 3.8) is 0 Å². The van der Waals surface area contributed by atoms with Gasteiger partial charge in [0, 0.05) is 19.5 Å². The first-order chi connectivity index (χ1) is 13.7. The molecule has 1 N–H and O–H groups in total. The van der Waals surface area contributed by atoms with Crippen LogP contribution in [0.1, 0.15) is 49.4 Å². The topological polar surface area (TPSA) is 95.1 Å². The summed E-state index contributed by atoms with van der Waals surface area (Å²) in [5, 5.41) is 18.7. The van der Waals surface area contributed by atoms with Crippen LogP contribution < -0.4 is 5.32 Å². The van der Waals surface area contributed by atoms with E-state index in [1.807, 2.05) is 5.38 Å². The van der Waals surface area contributed by atoms with E-state index in [4.69, 9.17) is 14.8 Å². The van der Waals surface area contributed by atoms with Crippen molar-refractivity contribution in [2.75, 3.05) is 25.0 Å². The summed E-state index contributed by atoms with van der Waals surface area (Å²) in [7, 11) is 0. The first-order valence-corrected chi connectivity index (χ1v) is 10.9. The van der Waals surface area contributed by atoms with Crippen LogP contribution >= 0.6 is 11.3 Å². The van der Waals surface area contributed by atoms with Gasteiger partial charge in [-0.05, 0) is 49.0 Å². The molecule has 2 atom stereocenters. The van der Waals surface area contributed by atoms with Crippen LogP contribution in [0.3, 0.4) is 0 Å². The maximum absolute atomic E-state index is 12.5. The molecule has 146 valence electrons. The highest BCUT2D eigenvalue weighted by atomic mass is 32.1. The third-order valence-electron chi connectivity index (χ3n) is 6.41. The van der Waals surface area contributed by atoms with E-state index in [0.717, 1.165) is 50.0 Å². The Hall–Kier alpha value is -2.24. The fraction of sp³-hybridized carbons (Fsp3) is 0.600. The zero-order valence-corrected chi connectivity index (χ0v) is 16.5. The van der Waals surface area contributed by atoms with Gasteiger partial charge in [-0.25, -0.2) is 0 Å². The molecular formula is C20H23N5O2S. The van der Waals surface area contributed by atoms with E-state index in [2.05, 4.69) is 21.4 Å².